The summed E-state index contributed by atoms with van der Waals surface area (Å²) in [5, 5.41) is 0. The maximum Gasteiger partial charge on any atom is 0.231 e. The first kappa shape index (κ1) is 16.5. The molecule has 0 fully saturated rings. The van der Waals surface area contributed by atoms with Crippen LogP contribution in [0.2, 0.25) is 0 Å². The zero-order valence-electron chi connectivity index (χ0n) is 13.5. The quantitative estimate of drug-likeness (QED) is 0.522. The van der Waals surface area contributed by atoms with Crippen molar-refractivity contribution in [3.05, 3.63) is 75.5 Å². The Morgan fingerprint density at radius 1 is 1.21 bits per heavy atom. The summed E-state index contributed by atoms with van der Waals surface area (Å²) >= 11 is 3.47. The molecule has 1 aliphatic heterocycles. The van der Waals surface area contributed by atoms with Crippen molar-refractivity contribution in [3.8, 4) is 11.5 Å². The smallest absolute Gasteiger partial charge is 0.231 e. The van der Waals surface area contributed by atoms with Crippen LogP contribution >= 0.6 is 15.9 Å². The van der Waals surface area contributed by atoms with Gasteiger partial charge >= 0.3 is 0 Å². The third kappa shape index (κ3) is 3.60. The monoisotopic (exact) mass is 384 g/mol. The summed E-state index contributed by atoms with van der Waals surface area (Å²) in [6.45, 7) is 4.54. The molecule has 0 radical (unpaired) electrons. The van der Waals surface area contributed by atoms with Crippen molar-refractivity contribution in [1.82, 2.24) is 0 Å². The Hall–Kier alpha value is -2.33. The van der Waals surface area contributed by atoms with Crippen LogP contribution in [0.5, 0.6) is 11.5 Å². The Kier molecular flexibility index (Phi) is 4.86. The zero-order chi connectivity index (χ0) is 17.1. The van der Waals surface area contributed by atoms with Gasteiger partial charge in [0, 0.05) is 10.5 Å². The number of carbonyl (C=O) groups excluding carboxylic acids is 1. The molecule has 0 amide bonds. The first-order chi connectivity index (χ1) is 11.5. The van der Waals surface area contributed by atoms with Gasteiger partial charge in [0.1, 0.15) is 18.1 Å². The van der Waals surface area contributed by atoms with Crippen LogP contribution in [0.1, 0.15) is 29.8 Å². The summed E-state index contributed by atoms with van der Waals surface area (Å²) in [4.78, 5) is 12.5. The van der Waals surface area contributed by atoms with Gasteiger partial charge in [-0.15, -0.1) is 0 Å². The highest BCUT2D eigenvalue weighted by molar-refractivity contribution is 9.10. The van der Waals surface area contributed by atoms with Crippen molar-refractivity contribution in [2.75, 3.05) is 6.61 Å². The van der Waals surface area contributed by atoms with Gasteiger partial charge in [0.2, 0.25) is 5.78 Å². The molecule has 0 unspecified atom stereocenters. The fourth-order valence-electron chi connectivity index (χ4n) is 2.29. The van der Waals surface area contributed by atoms with E-state index in [9.17, 15) is 4.79 Å². The van der Waals surface area contributed by atoms with E-state index in [1.807, 2.05) is 44.2 Å². The standard InChI is InChI=1S/C20H17BrO3/c1-13(2)9-10-23-15-7-8-16-18(12-15)24-19(20(16)22)11-14-5-3-4-6-17(14)21/h3-9,11-12H,10H2,1-2H3/b19-11+. The molecule has 2 aromatic carbocycles. The third-order valence-electron chi connectivity index (χ3n) is 3.57. The van der Waals surface area contributed by atoms with Crippen LogP contribution in [0, 0.1) is 0 Å². The molecule has 3 rings (SSSR count). The second-order valence-electron chi connectivity index (χ2n) is 5.71. The van der Waals surface area contributed by atoms with Crippen LogP contribution in [0.3, 0.4) is 0 Å². The summed E-state index contributed by atoms with van der Waals surface area (Å²) < 4.78 is 12.3. The van der Waals surface area contributed by atoms with Crippen molar-refractivity contribution in [2.24, 2.45) is 0 Å². The lowest BCUT2D eigenvalue weighted by atomic mass is 10.1. The third-order valence-corrected chi connectivity index (χ3v) is 4.30. The predicted molar refractivity (Wildman–Crippen MR) is 98.4 cm³/mol. The maximum atomic E-state index is 12.5. The number of ether oxygens (including phenoxy) is 2. The molecular formula is C20H17BrO3. The number of halogens is 1. The highest BCUT2D eigenvalue weighted by atomic mass is 79.9. The molecular weight excluding hydrogens is 368 g/mol. The summed E-state index contributed by atoms with van der Waals surface area (Å²) in [6, 6.07) is 13.0. The van der Waals surface area contributed by atoms with Crippen LogP contribution in [0.25, 0.3) is 6.08 Å². The van der Waals surface area contributed by atoms with E-state index in [0.29, 0.717) is 29.4 Å². The molecule has 0 atom stereocenters. The summed E-state index contributed by atoms with van der Waals surface area (Å²) in [6.07, 6.45) is 3.74. The Balaban J connectivity index is 1.82. The molecule has 0 saturated carbocycles. The molecule has 122 valence electrons. The minimum atomic E-state index is -0.114. The van der Waals surface area contributed by atoms with Gasteiger partial charge in [-0.1, -0.05) is 39.7 Å². The number of ketones is 1. The van der Waals surface area contributed by atoms with E-state index in [1.54, 1.807) is 24.3 Å². The Labute approximate surface area is 149 Å². The Bertz CT molecular complexity index is 846. The first-order valence-electron chi connectivity index (χ1n) is 7.63. The lowest BCUT2D eigenvalue weighted by Gasteiger charge is -2.05. The van der Waals surface area contributed by atoms with Crippen LogP contribution in [0.15, 0.2) is 64.3 Å². The fourth-order valence-corrected chi connectivity index (χ4v) is 2.69. The molecule has 24 heavy (non-hydrogen) atoms. The molecule has 0 saturated heterocycles. The van der Waals surface area contributed by atoms with E-state index in [2.05, 4.69) is 15.9 Å². The molecule has 1 heterocycles. The number of fused-ring (bicyclic) bond motifs is 1. The van der Waals surface area contributed by atoms with Crippen molar-refractivity contribution in [3.63, 3.8) is 0 Å². The normalized spacial score (nSPS) is 14.3. The van der Waals surface area contributed by atoms with E-state index in [4.69, 9.17) is 9.47 Å². The first-order valence-corrected chi connectivity index (χ1v) is 8.43. The van der Waals surface area contributed by atoms with Crippen molar-refractivity contribution >= 4 is 27.8 Å². The van der Waals surface area contributed by atoms with Crippen LogP contribution in [-0.2, 0) is 0 Å². The second-order valence-corrected chi connectivity index (χ2v) is 6.57. The Morgan fingerprint density at radius 2 is 2.00 bits per heavy atom. The molecule has 0 spiro atoms. The number of hydrogen-bond donors (Lipinski definition) is 0. The average Bonchev–Trinajstić information content (AvgIpc) is 2.85. The van der Waals surface area contributed by atoms with E-state index in [-0.39, 0.29) is 5.78 Å². The number of hydrogen-bond acceptors (Lipinski definition) is 3. The predicted octanol–water partition coefficient (Wildman–Crippen LogP) is 5.41. The fraction of sp³-hybridized carbons (Fsp3) is 0.150. The van der Waals surface area contributed by atoms with Gasteiger partial charge in [-0.2, -0.15) is 0 Å². The number of rotatable bonds is 4. The van der Waals surface area contributed by atoms with Gasteiger partial charge in [-0.05, 0) is 49.8 Å². The van der Waals surface area contributed by atoms with Crippen molar-refractivity contribution < 1.29 is 14.3 Å². The van der Waals surface area contributed by atoms with E-state index >= 15 is 0 Å². The van der Waals surface area contributed by atoms with Gasteiger partial charge in [0.25, 0.3) is 0 Å². The Morgan fingerprint density at radius 3 is 2.75 bits per heavy atom. The summed E-state index contributed by atoms with van der Waals surface area (Å²) in [5.41, 5.74) is 2.65. The molecule has 2 aromatic rings. The topological polar surface area (TPSA) is 35.5 Å². The molecule has 1 aliphatic rings. The minimum Gasteiger partial charge on any atom is -0.489 e. The van der Waals surface area contributed by atoms with Gasteiger partial charge in [-0.3, -0.25) is 4.79 Å². The highest BCUT2D eigenvalue weighted by Gasteiger charge is 2.27. The lowest BCUT2D eigenvalue weighted by Crippen LogP contribution is -1.98. The molecule has 0 N–H and O–H groups in total. The van der Waals surface area contributed by atoms with Crippen LogP contribution in [-0.4, -0.2) is 12.4 Å². The SMILES string of the molecule is CC(C)=CCOc1ccc2c(c1)O/C(=C/c1ccccc1Br)C2=O. The summed E-state index contributed by atoms with van der Waals surface area (Å²) in [5.74, 6) is 1.42. The largest absolute Gasteiger partial charge is 0.489 e. The number of carbonyl (C=O) groups is 1. The van der Waals surface area contributed by atoms with Crippen LogP contribution in [0.4, 0.5) is 0 Å². The van der Waals surface area contributed by atoms with E-state index in [0.717, 1.165) is 10.0 Å². The van der Waals surface area contributed by atoms with E-state index in [1.165, 1.54) is 5.57 Å². The van der Waals surface area contributed by atoms with Crippen molar-refractivity contribution in [2.45, 2.75) is 13.8 Å². The molecule has 0 aliphatic carbocycles. The number of Topliss-reactive ketones (excluding diaryl/α,β-unsaturated/α-hetero) is 1. The van der Waals surface area contributed by atoms with Gasteiger partial charge in [0.05, 0.1) is 5.56 Å². The minimum absolute atomic E-state index is 0.114. The van der Waals surface area contributed by atoms with Crippen LogP contribution < -0.4 is 9.47 Å². The number of benzene rings is 2. The number of allylic oxidation sites excluding steroid dienone is 2. The highest BCUT2D eigenvalue weighted by Crippen LogP contribution is 2.35. The molecule has 0 aromatic heterocycles. The average molecular weight is 385 g/mol. The second kappa shape index (κ2) is 7.05. The molecule has 3 nitrogen and oxygen atoms in total. The van der Waals surface area contributed by atoms with E-state index < -0.39 is 0 Å². The van der Waals surface area contributed by atoms with Gasteiger partial charge in [-0.25, -0.2) is 0 Å². The summed E-state index contributed by atoms with van der Waals surface area (Å²) in [7, 11) is 0. The lowest BCUT2D eigenvalue weighted by molar-refractivity contribution is 0.101. The molecule has 4 heteroatoms. The molecule has 0 bridgehead atoms. The van der Waals surface area contributed by atoms with Gasteiger partial charge < -0.3 is 9.47 Å². The zero-order valence-corrected chi connectivity index (χ0v) is 15.1. The van der Waals surface area contributed by atoms with Crippen molar-refractivity contribution in [1.29, 1.82) is 0 Å². The maximum absolute atomic E-state index is 12.5. The van der Waals surface area contributed by atoms with Gasteiger partial charge in [0.15, 0.2) is 5.76 Å².